The highest BCUT2D eigenvalue weighted by Crippen LogP contribution is 2.16. The van der Waals surface area contributed by atoms with Crippen molar-refractivity contribution in [2.24, 2.45) is 5.10 Å². The lowest BCUT2D eigenvalue weighted by atomic mass is 10.1. The van der Waals surface area contributed by atoms with Crippen molar-refractivity contribution >= 4 is 51.7 Å². The molecule has 130 valence electrons. The zero-order valence-corrected chi connectivity index (χ0v) is 16.4. The van der Waals surface area contributed by atoms with Crippen LogP contribution in [0.2, 0.25) is 0 Å². The van der Waals surface area contributed by atoms with Gasteiger partial charge in [0.25, 0.3) is 5.69 Å². The van der Waals surface area contributed by atoms with Crippen molar-refractivity contribution in [1.29, 1.82) is 0 Å². The first kappa shape index (κ1) is 19.4. The monoisotopic (exact) mass is 469 g/mol. The number of hydrogen-bond donors (Lipinski definition) is 1. The predicted molar refractivity (Wildman–Crippen MR) is 109 cm³/mol. The highest BCUT2D eigenvalue weighted by molar-refractivity contribution is 14.1. The summed E-state index contributed by atoms with van der Waals surface area (Å²) in [6, 6.07) is 14.2. The maximum atomic E-state index is 11.8. The van der Waals surface area contributed by atoms with E-state index >= 15 is 0 Å². The zero-order valence-electron chi connectivity index (χ0n) is 13.4. The van der Waals surface area contributed by atoms with Gasteiger partial charge in [0.15, 0.2) is 0 Å². The number of carbonyl (C=O) groups excluding carboxylic acids is 1. The molecule has 0 aliphatic heterocycles. The number of carbonyl (C=O) groups is 1. The van der Waals surface area contributed by atoms with E-state index in [0.717, 1.165) is 20.4 Å². The van der Waals surface area contributed by atoms with Gasteiger partial charge < -0.3 is 0 Å². The van der Waals surface area contributed by atoms with Crippen molar-refractivity contribution in [3.63, 3.8) is 0 Å². The number of nitro benzene ring substituents is 1. The normalized spacial score (nSPS) is 11.2. The highest BCUT2D eigenvalue weighted by Gasteiger charge is 2.06. The largest absolute Gasteiger partial charge is 0.272 e. The van der Waals surface area contributed by atoms with Crippen LogP contribution in [0.3, 0.4) is 0 Å². The molecule has 0 fully saturated rings. The average molecular weight is 469 g/mol. The van der Waals surface area contributed by atoms with Gasteiger partial charge in [-0.2, -0.15) is 5.10 Å². The topological polar surface area (TPSA) is 84.6 Å². The Bertz CT molecular complexity index is 794. The molecule has 0 aliphatic rings. The van der Waals surface area contributed by atoms with E-state index in [-0.39, 0.29) is 17.3 Å². The standard InChI is InChI=1S/C17H16IN3O3S/c1-12(14-3-2-4-15(18)9-14)19-20-17(22)11-25-10-13-5-7-16(8-6-13)21(23)24/h2-9H,10-11H2,1H3,(H,20,22)/b19-12+. The van der Waals surface area contributed by atoms with Crippen LogP contribution in [0, 0.1) is 13.7 Å². The number of benzene rings is 2. The number of amides is 1. The molecule has 0 heterocycles. The number of nitrogens with one attached hydrogen (secondary N) is 1. The molecule has 0 spiro atoms. The maximum absolute atomic E-state index is 11.8. The van der Waals surface area contributed by atoms with Crippen LogP contribution in [0.1, 0.15) is 18.1 Å². The molecule has 0 bridgehead atoms. The molecule has 0 saturated heterocycles. The van der Waals surface area contributed by atoms with E-state index in [1.165, 1.54) is 23.9 Å². The van der Waals surface area contributed by atoms with Crippen molar-refractivity contribution in [3.8, 4) is 0 Å². The van der Waals surface area contributed by atoms with Crippen LogP contribution < -0.4 is 5.43 Å². The molecular formula is C17H16IN3O3S. The summed E-state index contributed by atoms with van der Waals surface area (Å²) in [5.74, 6) is 0.683. The zero-order chi connectivity index (χ0) is 18.2. The molecule has 0 aromatic heterocycles. The molecule has 25 heavy (non-hydrogen) atoms. The van der Waals surface area contributed by atoms with Crippen molar-refractivity contribution in [1.82, 2.24) is 5.43 Å². The average Bonchev–Trinajstić information content (AvgIpc) is 2.60. The van der Waals surface area contributed by atoms with Gasteiger partial charge in [-0.25, -0.2) is 5.43 Å². The molecule has 8 heteroatoms. The van der Waals surface area contributed by atoms with E-state index in [9.17, 15) is 14.9 Å². The molecule has 2 aromatic carbocycles. The Morgan fingerprint density at radius 1 is 1.28 bits per heavy atom. The second-order valence-corrected chi connectivity index (χ2v) is 7.39. The number of hydrogen-bond acceptors (Lipinski definition) is 5. The van der Waals surface area contributed by atoms with Crippen LogP contribution in [-0.4, -0.2) is 22.3 Å². The van der Waals surface area contributed by atoms with Crippen LogP contribution in [0.4, 0.5) is 5.69 Å². The Hall–Kier alpha value is -1.94. The Morgan fingerprint density at radius 2 is 2.00 bits per heavy atom. The van der Waals surface area contributed by atoms with Crippen LogP contribution >= 0.6 is 34.4 Å². The van der Waals surface area contributed by atoms with Crippen molar-refractivity contribution in [3.05, 3.63) is 73.3 Å². The first-order valence-electron chi connectivity index (χ1n) is 7.36. The summed E-state index contributed by atoms with van der Waals surface area (Å²) in [5.41, 5.74) is 5.25. The van der Waals surface area contributed by atoms with Gasteiger partial charge >= 0.3 is 0 Å². The quantitative estimate of drug-likeness (QED) is 0.288. The molecule has 0 aliphatic carbocycles. The van der Waals surface area contributed by atoms with E-state index < -0.39 is 4.92 Å². The number of hydrazone groups is 1. The van der Waals surface area contributed by atoms with Crippen molar-refractivity contribution < 1.29 is 9.72 Å². The van der Waals surface area contributed by atoms with E-state index in [2.05, 4.69) is 33.1 Å². The lowest BCUT2D eigenvalue weighted by molar-refractivity contribution is -0.384. The fraction of sp³-hybridized carbons (Fsp3) is 0.176. The number of halogens is 1. The van der Waals surface area contributed by atoms with Crippen molar-refractivity contribution in [2.45, 2.75) is 12.7 Å². The number of nitro groups is 1. The number of nitrogens with zero attached hydrogens (tertiary/aromatic N) is 2. The molecule has 2 aromatic rings. The fourth-order valence-electron chi connectivity index (χ4n) is 1.93. The molecule has 2 rings (SSSR count). The summed E-state index contributed by atoms with van der Waals surface area (Å²) < 4.78 is 1.11. The van der Waals surface area contributed by atoms with Crippen LogP contribution in [0.5, 0.6) is 0 Å². The first-order valence-corrected chi connectivity index (χ1v) is 9.59. The molecule has 0 radical (unpaired) electrons. The van der Waals surface area contributed by atoms with Crippen LogP contribution in [-0.2, 0) is 10.5 Å². The minimum absolute atomic E-state index is 0.0619. The number of rotatable bonds is 7. The molecular weight excluding hydrogens is 453 g/mol. The third kappa shape index (κ3) is 6.46. The molecule has 1 amide bonds. The molecule has 6 nitrogen and oxygen atoms in total. The predicted octanol–water partition coefficient (Wildman–Crippen LogP) is 3.97. The van der Waals surface area contributed by atoms with Gasteiger partial charge in [-0.3, -0.25) is 14.9 Å². The fourth-order valence-corrected chi connectivity index (χ4v) is 3.26. The first-order chi connectivity index (χ1) is 12.0. The van der Waals surface area contributed by atoms with E-state index in [1.54, 1.807) is 12.1 Å². The third-order valence-corrected chi connectivity index (χ3v) is 4.91. The number of non-ortho nitro benzene ring substituents is 1. The summed E-state index contributed by atoms with van der Waals surface area (Å²) in [4.78, 5) is 22.0. The van der Waals surface area contributed by atoms with Gasteiger partial charge in [-0.15, -0.1) is 11.8 Å². The lowest BCUT2D eigenvalue weighted by Crippen LogP contribution is -2.21. The maximum Gasteiger partial charge on any atom is 0.269 e. The Balaban J connectivity index is 1.78. The van der Waals surface area contributed by atoms with Gasteiger partial charge in [0, 0.05) is 21.5 Å². The van der Waals surface area contributed by atoms with Crippen LogP contribution in [0.15, 0.2) is 53.6 Å². The van der Waals surface area contributed by atoms with Crippen LogP contribution in [0.25, 0.3) is 0 Å². The minimum Gasteiger partial charge on any atom is -0.272 e. The second kappa shape index (κ2) is 9.52. The molecule has 1 N–H and O–H groups in total. The summed E-state index contributed by atoms with van der Waals surface area (Å²) >= 11 is 3.65. The smallest absolute Gasteiger partial charge is 0.269 e. The lowest BCUT2D eigenvalue weighted by Gasteiger charge is -2.04. The molecule has 0 saturated carbocycles. The van der Waals surface area contributed by atoms with Gasteiger partial charge in [0.1, 0.15) is 0 Å². The minimum atomic E-state index is -0.432. The van der Waals surface area contributed by atoms with E-state index in [1.807, 2.05) is 31.2 Å². The van der Waals surface area contributed by atoms with Gasteiger partial charge in [0.2, 0.25) is 5.91 Å². The third-order valence-electron chi connectivity index (χ3n) is 3.24. The molecule has 0 atom stereocenters. The Labute approximate surface area is 163 Å². The van der Waals surface area contributed by atoms with Crippen molar-refractivity contribution in [2.75, 3.05) is 5.75 Å². The number of thioether (sulfide) groups is 1. The van der Waals surface area contributed by atoms with E-state index in [0.29, 0.717) is 5.75 Å². The van der Waals surface area contributed by atoms with Gasteiger partial charge in [-0.05, 0) is 52.8 Å². The molecule has 0 unspecified atom stereocenters. The summed E-state index contributed by atoms with van der Waals surface area (Å²) in [5, 5.41) is 14.7. The summed E-state index contributed by atoms with van der Waals surface area (Å²) in [6.45, 7) is 1.84. The summed E-state index contributed by atoms with van der Waals surface area (Å²) in [6.07, 6.45) is 0. The van der Waals surface area contributed by atoms with Gasteiger partial charge in [0.05, 0.1) is 16.4 Å². The SMILES string of the molecule is C/C(=N\NC(=O)CSCc1ccc([N+](=O)[O-])cc1)c1cccc(I)c1. The van der Waals surface area contributed by atoms with E-state index in [4.69, 9.17) is 0 Å². The Morgan fingerprint density at radius 3 is 2.64 bits per heavy atom. The summed E-state index contributed by atoms with van der Waals surface area (Å²) in [7, 11) is 0. The Kier molecular flexibility index (Phi) is 7.38. The highest BCUT2D eigenvalue weighted by atomic mass is 127. The second-order valence-electron chi connectivity index (χ2n) is 5.16. The van der Waals surface area contributed by atoms with Gasteiger partial charge in [-0.1, -0.05) is 24.3 Å².